The molecule has 66 valence electrons. The molecule has 2 rings (SSSR count). The first-order valence-corrected chi connectivity index (χ1v) is 3.86. The summed E-state index contributed by atoms with van der Waals surface area (Å²) in [5, 5.41) is 0.917. The largest absolute Gasteiger partial charge is 0.481 e. The Morgan fingerprint density at radius 2 is 2.23 bits per heavy atom. The summed E-state index contributed by atoms with van der Waals surface area (Å²) < 4.78 is 4.97. The Hall–Kier alpha value is -1.84. The highest BCUT2D eigenvalue weighted by atomic mass is 16.5. The van der Waals surface area contributed by atoms with Crippen LogP contribution >= 0.6 is 0 Å². The Bertz CT molecular complexity index is 442. The maximum absolute atomic E-state index is 5.57. The fraction of sp³-hybridized carbons (Fsp3) is 0.111. The van der Waals surface area contributed by atoms with Crippen LogP contribution in [0.4, 0.5) is 5.69 Å². The number of methoxy groups -OCH3 is 1. The summed E-state index contributed by atoms with van der Waals surface area (Å²) in [6.45, 7) is 0. The maximum Gasteiger partial charge on any atom is 0.215 e. The summed E-state index contributed by atoms with van der Waals surface area (Å²) in [6, 6.07) is 5.49. The number of fused-ring (bicyclic) bond motifs is 1. The molecule has 0 saturated heterocycles. The van der Waals surface area contributed by atoms with Crippen molar-refractivity contribution in [2.24, 2.45) is 0 Å². The van der Waals surface area contributed by atoms with E-state index < -0.39 is 0 Å². The van der Waals surface area contributed by atoms with Crippen LogP contribution in [-0.4, -0.2) is 17.1 Å². The third-order valence-corrected chi connectivity index (χ3v) is 1.75. The van der Waals surface area contributed by atoms with Crippen LogP contribution in [0, 0.1) is 0 Å². The SMILES string of the molecule is COc1ccc2cc(N)cnc2n1. The van der Waals surface area contributed by atoms with Crippen molar-refractivity contribution in [2.45, 2.75) is 0 Å². The molecular weight excluding hydrogens is 166 g/mol. The molecule has 0 aliphatic carbocycles. The highest BCUT2D eigenvalue weighted by Gasteiger charge is 1.98. The molecule has 0 saturated carbocycles. The van der Waals surface area contributed by atoms with Crippen molar-refractivity contribution in [3.63, 3.8) is 0 Å². The second-order valence-electron chi connectivity index (χ2n) is 2.67. The van der Waals surface area contributed by atoms with Gasteiger partial charge in [-0.1, -0.05) is 0 Å². The number of nitrogens with two attached hydrogens (primary N) is 1. The zero-order valence-corrected chi connectivity index (χ0v) is 7.19. The third kappa shape index (κ3) is 1.38. The Balaban J connectivity index is 2.66. The van der Waals surface area contributed by atoms with E-state index in [9.17, 15) is 0 Å². The minimum atomic E-state index is 0.560. The van der Waals surface area contributed by atoms with Gasteiger partial charge in [0.2, 0.25) is 5.88 Å². The van der Waals surface area contributed by atoms with E-state index in [0.717, 1.165) is 5.39 Å². The number of ether oxygens (including phenoxy) is 1. The molecule has 0 aliphatic heterocycles. The van der Waals surface area contributed by atoms with E-state index in [-0.39, 0.29) is 0 Å². The lowest BCUT2D eigenvalue weighted by Gasteiger charge is -2.00. The number of aromatic nitrogens is 2. The lowest BCUT2D eigenvalue weighted by atomic mass is 10.3. The van der Waals surface area contributed by atoms with Gasteiger partial charge in [-0.3, -0.25) is 0 Å². The molecule has 0 aliphatic rings. The normalized spacial score (nSPS) is 10.2. The van der Waals surface area contributed by atoms with Gasteiger partial charge in [-0.15, -0.1) is 0 Å². The van der Waals surface area contributed by atoms with Crippen molar-refractivity contribution >= 4 is 16.7 Å². The van der Waals surface area contributed by atoms with Crippen molar-refractivity contribution in [2.75, 3.05) is 12.8 Å². The average molecular weight is 175 g/mol. The van der Waals surface area contributed by atoms with Crippen LogP contribution in [-0.2, 0) is 0 Å². The van der Waals surface area contributed by atoms with E-state index in [2.05, 4.69) is 9.97 Å². The lowest BCUT2D eigenvalue weighted by Crippen LogP contribution is -1.91. The zero-order chi connectivity index (χ0) is 9.26. The van der Waals surface area contributed by atoms with Gasteiger partial charge < -0.3 is 10.5 Å². The first-order chi connectivity index (χ1) is 6.29. The Labute approximate surface area is 75.4 Å². The molecular formula is C9H9N3O. The quantitative estimate of drug-likeness (QED) is 0.707. The van der Waals surface area contributed by atoms with Gasteiger partial charge in [-0.05, 0) is 12.1 Å². The van der Waals surface area contributed by atoms with Crippen LogP contribution < -0.4 is 10.5 Å². The molecule has 2 N–H and O–H groups in total. The van der Waals surface area contributed by atoms with Crippen molar-refractivity contribution in [3.8, 4) is 5.88 Å². The van der Waals surface area contributed by atoms with E-state index >= 15 is 0 Å². The molecule has 2 aromatic rings. The molecule has 0 aromatic carbocycles. The van der Waals surface area contributed by atoms with Crippen LogP contribution in [0.1, 0.15) is 0 Å². The molecule has 4 nitrogen and oxygen atoms in total. The van der Waals surface area contributed by atoms with Crippen molar-refractivity contribution < 1.29 is 4.74 Å². The summed E-state index contributed by atoms with van der Waals surface area (Å²) in [6.07, 6.45) is 1.58. The minimum Gasteiger partial charge on any atom is -0.481 e. The van der Waals surface area contributed by atoms with Gasteiger partial charge in [0.15, 0.2) is 5.65 Å². The monoisotopic (exact) mass is 175 g/mol. The first kappa shape index (κ1) is 7.79. The summed E-state index contributed by atoms with van der Waals surface area (Å²) in [7, 11) is 1.57. The Morgan fingerprint density at radius 3 is 3.00 bits per heavy atom. The number of anilines is 1. The highest BCUT2D eigenvalue weighted by Crippen LogP contribution is 2.16. The fourth-order valence-corrected chi connectivity index (χ4v) is 1.12. The molecule has 0 spiro atoms. The van der Waals surface area contributed by atoms with Gasteiger partial charge in [0, 0.05) is 11.5 Å². The minimum absolute atomic E-state index is 0.560. The number of hydrogen-bond donors (Lipinski definition) is 1. The summed E-state index contributed by atoms with van der Waals surface area (Å²) in [4.78, 5) is 8.22. The molecule has 2 heterocycles. The summed E-state index contributed by atoms with van der Waals surface area (Å²) in [5.74, 6) is 0.560. The average Bonchev–Trinajstić information content (AvgIpc) is 2.17. The number of pyridine rings is 2. The molecule has 0 bridgehead atoms. The van der Waals surface area contributed by atoms with Gasteiger partial charge in [0.05, 0.1) is 19.0 Å². The molecule has 13 heavy (non-hydrogen) atoms. The van der Waals surface area contributed by atoms with Crippen molar-refractivity contribution in [3.05, 3.63) is 24.4 Å². The van der Waals surface area contributed by atoms with Gasteiger partial charge in [0.1, 0.15) is 0 Å². The predicted molar refractivity (Wildman–Crippen MR) is 50.5 cm³/mol. The fourth-order valence-electron chi connectivity index (χ4n) is 1.12. The molecule has 0 amide bonds. The third-order valence-electron chi connectivity index (χ3n) is 1.75. The second kappa shape index (κ2) is 2.90. The van der Waals surface area contributed by atoms with E-state index in [1.165, 1.54) is 0 Å². The van der Waals surface area contributed by atoms with E-state index in [0.29, 0.717) is 17.2 Å². The van der Waals surface area contributed by atoms with E-state index in [1.807, 2.05) is 12.1 Å². The molecule has 2 aromatic heterocycles. The van der Waals surface area contributed by atoms with Gasteiger partial charge in [-0.2, -0.15) is 4.98 Å². The van der Waals surface area contributed by atoms with Gasteiger partial charge in [-0.25, -0.2) is 4.98 Å². The van der Waals surface area contributed by atoms with Gasteiger partial charge >= 0.3 is 0 Å². The maximum atomic E-state index is 5.57. The molecule has 0 fully saturated rings. The highest BCUT2D eigenvalue weighted by molar-refractivity contribution is 5.78. The molecule has 0 atom stereocenters. The van der Waals surface area contributed by atoms with Crippen LogP contribution in [0.5, 0.6) is 5.88 Å². The standard InChI is InChI=1S/C9H9N3O/c1-13-8-3-2-6-4-7(10)5-11-9(6)12-8/h2-5H,10H2,1H3. The van der Waals surface area contributed by atoms with Crippen LogP contribution in [0.3, 0.4) is 0 Å². The van der Waals surface area contributed by atoms with Crippen LogP contribution in [0.25, 0.3) is 11.0 Å². The topological polar surface area (TPSA) is 61.0 Å². The lowest BCUT2D eigenvalue weighted by molar-refractivity contribution is 0.399. The van der Waals surface area contributed by atoms with Gasteiger partial charge in [0.25, 0.3) is 0 Å². The second-order valence-corrected chi connectivity index (χ2v) is 2.67. The molecule has 0 radical (unpaired) electrons. The van der Waals surface area contributed by atoms with Crippen molar-refractivity contribution in [1.29, 1.82) is 0 Å². The summed E-state index contributed by atoms with van der Waals surface area (Å²) >= 11 is 0. The smallest absolute Gasteiger partial charge is 0.215 e. The zero-order valence-electron chi connectivity index (χ0n) is 7.19. The van der Waals surface area contributed by atoms with Crippen LogP contribution in [0.2, 0.25) is 0 Å². The Morgan fingerprint density at radius 1 is 1.38 bits per heavy atom. The summed E-state index contributed by atoms with van der Waals surface area (Å²) in [5.41, 5.74) is 6.86. The van der Waals surface area contributed by atoms with Crippen molar-refractivity contribution in [1.82, 2.24) is 9.97 Å². The van der Waals surface area contributed by atoms with Crippen LogP contribution in [0.15, 0.2) is 24.4 Å². The number of rotatable bonds is 1. The number of nitrogen functional groups attached to an aromatic ring is 1. The van der Waals surface area contributed by atoms with E-state index in [4.69, 9.17) is 10.5 Å². The number of hydrogen-bond acceptors (Lipinski definition) is 4. The predicted octanol–water partition coefficient (Wildman–Crippen LogP) is 1.22. The Kier molecular flexibility index (Phi) is 1.73. The van der Waals surface area contributed by atoms with E-state index in [1.54, 1.807) is 19.4 Å². The molecule has 4 heteroatoms. The molecule has 0 unspecified atom stereocenters. The first-order valence-electron chi connectivity index (χ1n) is 3.86. The number of nitrogens with zero attached hydrogens (tertiary/aromatic N) is 2.